The van der Waals surface area contributed by atoms with Crippen molar-refractivity contribution in [3.8, 4) is 0 Å². The summed E-state index contributed by atoms with van der Waals surface area (Å²) in [6, 6.07) is 9.43. The molecule has 0 aromatic heterocycles. The molecule has 0 saturated heterocycles. The van der Waals surface area contributed by atoms with Gasteiger partial charge in [0, 0.05) is 19.2 Å². The first kappa shape index (κ1) is 16.7. The molecule has 0 fully saturated rings. The fourth-order valence-electron chi connectivity index (χ4n) is 2.26. The van der Waals surface area contributed by atoms with Gasteiger partial charge in [-0.2, -0.15) is 0 Å². The quantitative estimate of drug-likeness (QED) is 0.742. The molecular formula is C16H25NO3. The summed E-state index contributed by atoms with van der Waals surface area (Å²) in [7, 11) is 0. The fourth-order valence-corrected chi connectivity index (χ4v) is 2.26. The van der Waals surface area contributed by atoms with Crippen LogP contribution in [0.2, 0.25) is 0 Å². The number of ether oxygens (including phenoxy) is 1. The van der Waals surface area contributed by atoms with Crippen LogP contribution in [0, 0.1) is 0 Å². The van der Waals surface area contributed by atoms with Crippen LogP contribution in [0.5, 0.6) is 0 Å². The van der Waals surface area contributed by atoms with Gasteiger partial charge in [-0.25, -0.2) is 4.79 Å². The van der Waals surface area contributed by atoms with Crippen molar-refractivity contribution in [2.75, 3.05) is 19.8 Å². The van der Waals surface area contributed by atoms with E-state index in [0.29, 0.717) is 19.6 Å². The highest BCUT2D eigenvalue weighted by Crippen LogP contribution is 2.24. The highest BCUT2D eigenvalue weighted by molar-refractivity contribution is 5.77. The van der Waals surface area contributed by atoms with Gasteiger partial charge in [-0.05, 0) is 32.8 Å². The first-order valence-electron chi connectivity index (χ1n) is 7.20. The molecule has 0 aliphatic rings. The summed E-state index contributed by atoms with van der Waals surface area (Å²) in [6.07, 6.45) is 0.640. The lowest BCUT2D eigenvalue weighted by atomic mass is 10.0. The summed E-state index contributed by atoms with van der Waals surface area (Å²) >= 11 is 0. The Balaban J connectivity index is 3.04. The van der Waals surface area contributed by atoms with Crippen molar-refractivity contribution in [1.82, 2.24) is 4.90 Å². The molecule has 112 valence electrons. The number of hydrogen-bond acceptors (Lipinski definition) is 4. The van der Waals surface area contributed by atoms with Crippen LogP contribution in [0.3, 0.4) is 0 Å². The van der Waals surface area contributed by atoms with Gasteiger partial charge in [0.2, 0.25) is 0 Å². The average molecular weight is 279 g/mol. The number of benzene rings is 1. The molecule has 1 aromatic rings. The number of rotatable bonds is 8. The van der Waals surface area contributed by atoms with E-state index in [1.54, 1.807) is 0 Å². The third-order valence-corrected chi connectivity index (χ3v) is 3.19. The number of aliphatic hydroxyl groups excluding tert-OH is 1. The summed E-state index contributed by atoms with van der Waals surface area (Å²) in [5.41, 5.74) is 0.928. The predicted octanol–water partition coefficient (Wildman–Crippen LogP) is 2.38. The van der Waals surface area contributed by atoms with E-state index in [1.165, 1.54) is 0 Å². The number of hydrogen-bond donors (Lipinski definition) is 1. The first-order valence-corrected chi connectivity index (χ1v) is 7.20. The van der Waals surface area contributed by atoms with Crippen LogP contribution < -0.4 is 0 Å². The third kappa shape index (κ3) is 4.62. The predicted molar refractivity (Wildman–Crippen MR) is 79.4 cm³/mol. The van der Waals surface area contributed by atoms with Gasteiger partial charge in [0.15, 0.2) is 0 Å². The summed E-state index contributed by atoms with van der Waals surface area (Å²) in [6.45, 7) is 7.06. The molecule has 4 heteroatoms. The lowest BCUT2D eigenvalue weighted by Gasteiger charge is -2.33. The van der Waals surface area contributed by atoms with E-state index in [9.17, 15) is 4.79 Å². The molecule has 1 rings (SSSR count). The van der Waals surface area contributed by atoms with Crippen LogP contribution in [0.15, 0.2) is 30.3 Å². The minimum Gasteiger partial charge on any atom is -0.465 e. The van der Waals surface area contributed by atoms with Crippen molar-refractivity contribution in [3.05, 3.63) is 35.9 Å². The zero-order valence-corrected chi connectivity index (χ0v) is 12.6. The number of carbonyl (C=O) groups excluding carboxylic acids is 1. The van der Waals surface area contributed by atoms with Gasteiger partial charge in [-0.1, -0.05) is 30.3 Å². The molecule has 20 heavy (non-hydrogen) atoms. The molecule has 0 saturated carbocycles. The topological polar surface area (TPSA) is 49.8 Å². The van der Waals surface area contributed by atoms with Crippen molar-refractivity contribution in [2.24, 2.45) is 0 Å². The number of esters is 1. The maximum absolute atomic E-state index is 12.3. The zero-order valence-electron chi connectivity index (χ0n) is 12.6. The van der Waals surface area contributed by atoms with E-state index in [1.807, 2.05) is 51.1 Å². The maximum atomic E-state index is 12.3. The Morgan fingerprint density at radius 1 is 1.30 bits per heavy atom. The minimum atomic E-state index is -0.414. The monoisotopic (exact) mass is 279 g/mol. The van der Waals surface area contributed by atoms with Gasteiger partial charge in [-0.3, -0.25) is 4.90 Å². The van der Waals surface area contributed by atoms with Gasteiger partial charge >= 0.3 is 5.97 Å². The molecule has 0 aliphatic heterocycles. The van der Waals surface area contributed by atoms with E-state index in [4.69, 9.17) is 9.84 Å². The second-order valence-electron chi connectivity index (χ2n) is 4.97. The van der Waals surface area contributed by atoms with Crippen molar-refractivity contribution >= 4 is 5.97 Å². The maximum Gasteiger partial charge on any atom is 0.328 e. The van der Waals surface area contributed by atoms with E-state index >= 15 is 0 Å². The Hall–Kier alpha value is -1.39. The van der Waals surface area contributed by atoms with Gasteiger partial charge in [0.25, 0.3) is 0 Å². The van der Waals surface area contributed by atoms with Crippen molar-refractivity contribution in [1.29, 1.82) is 0 Å². The van der Waals surface area contributed by atoms with Gasteiger partial charge in [0.05, 0.1) is 6.61 Å². The van der Waals surface area contributed by atoms with Gasteiger partial charge in [0.1, 0.15) is 6.04 Å². The smallest absolute Gasteiger partial charge is 0.328 e. The second kappa shape index (κ2) is 8.72. The van der Waals surface area contributed by atoms with E-state index in [-0.39, 0.29) is 18.6 Å². The zero-order chi connectivity index (χ0) is 15.0. The van der Waals surface area contributed by atoms with Crippen LogP contribution in [0.25, 0.3) is 0 Å². The summed E-state index contributed by atoms with van der Waals surface area (Å²) in [5, 5.41) is 9.05. The largest absolute Gasteiger partial charge is 0.465 e. The standard InChI is InChI=1S/C16H25NO3/c1-4-20-16(19)15(14-9-6-5-7-10-14)17(13(2)3)11-8-12-18/h5-7,9-10,13,15,18H,4,8,11-12H2,1-3H3. The average Bonchev–Trinajstić information content (AvgIpc) is 2.44. The van der Waals surface area contributed by atoms with Crippen LogP contribution in [0.1, 0.15) is 38.8 Å². The normalized spacial score (nSPS) is 12.7. The molecule has 1 aromatic carbocycles. The molecule has 1 atom stereocenters. The molecule has 1 unspecified atom stereocenters. The van der Waals surface area contributed by atoms with Gasteiger partial charge in [-0.15, -0.1) is 0 Å². The van der Waals surface area contributed by atoms with E-state index in [2.05, 4.69) is 4.90 Å². The van der Waals surface area contributed by atoms with Gasteiger partial charge < -0.3 is 9.84 Å². The molecule has 0 spiro atoms. The molecule has 4 nitrogen and oxygen atoms in total. The Labute approximate surface area is 121 Å². The highest BCUT2D eigenvalue weighted by atomic mass is 16.5. The Bertz CT molecular complexity index is 392. The minimum absolute atomic E-state index is 0.119. The number of nitrogens with zero attached hydrogens (tertiary/aromatic N) is 1. The molecule has 0 radical (unpaired) electrons. The number of carbonyl (C=O) groups is 1. The van der Waals surface area contributed by atoms with E-state index in [0.717, 1.165) is 5.56 Å². The molecule has 0 amide bonds. The molecule has 0 heterocycles. The lowest BCUT2D eigenvalue weighted by Crippen LogP contribution is -2.40. The molecule has 1 N–H and O–H groups in total. The second-order valence-corrected chi connectivity index (χ2v) is 4.97. The van der Waals surface area contributed by atoms with Crippen LogP contribution >= 0.6 is 0 Å². The fraction of sp³-hybridized carbons (Fsp3) is 0.562. The first-order chi connectivity index (χ1) is 9.61. The lowest BCUT2D eigenvalue weighted by molar-refractivity contribution is -0.150. The summed E-state index contributed by atoms with van der Waals surface area (Å²) in [4.78, 5) is 14.4. The molecular weight excluding hydrogens is 254 g/mol. The third-order valence-electron chi connectivity index (χ3n) is 3.19. The van der Waals surface area contributed by atoms with Crippen molar-refractivity contribution in [3.63, 3.8) is 0 Å². The summed E-state index contributed by atoms with van der Waals surface area (Å²) < 4.78 is 5.23. The number of aliphatic hydroxyl groups is 1. The highest BCUT2D eigenvalue weighted by Gasteiger charge is 2.30. The van der Waals surface area contributed by atoms with Crippen LogP contribution in [-0.4, -0.2) is 41.8 Å². The van der Waals surface area contributed by atoms with Crippen molar-refractivity contribution < 1.29 is 14.6 Å². The molecule has 0 aliphatic carbocycles. The van der Waals surface area contributed by atoms with Crippen molar-refractivity contribution in [2.45, 2.75) is 39.3 Å². The Kier molecular flexibility index (Phi) is 7.26. The van der Waals surface area contributed by atoms with Crippen LogP contribution in [-0.2, 0) is 9.53 Å². The Morgan fingerprint density at radius 3 is 2.45 bits per heavy atom. The Morgan fingerprint density at radius 2 is 1.95 bits per heavy atom. The van der Waals surface area contributed by atoms with Crippen LogP contribution in [0.4, 0.5) is 0 Å². The van der Waals surface area contributed by atoms with E-state index < -0.39 is 6.04 Å². The molecule has 0 bridgehead atoms. The summed E-state index contributed by atoms with van der Waals surface area (Å²) in [5.74, 6) is -0.231. The SMILES string of the molecule is CCOC(=O)C(c1ccccc1)N(CCCO)C(C)C.